The molecule has 0 saturated carbocycles. The number of benzene rings is 1. The first-order valence-corrected chi connectivity index (χ1v) is 7.22. The first kappa shape index (κ1) is 13.0. The maximum absolute atomic E-state index is 11.8. The normalized spacial score (nSPS) is 12.6. The number of aromatic amines is 1. The molecule has 0 aliphatic heterocycles. The predicted octanol–water partition coefficient (Wildman–Crippen LogP) is 2.19. The molecule has 0 spiro atoms. The van der Waals surface area contributed by atoms with Crippen LogP contribution in [0.3, 0.4) is 0 Å². The van der Waals surface area contributed by atoms with E-state index >= 15 is 0 Å². The maximum atomic E-state index is 11.8. The Bertz CT molecular complexity index is 538. The molecule has 4 nitrogen and oxygen atoms in total. The van der Waals surface area contributed by atoms with Crippen LogP contribution in [0.5, 0.6) is 0 Å². The number of hydrogen-bond donors (Lipinski definition) is 3. The van der Waals surface area contributed by atoms with Gasteiger partial charge in [-0.2, -0.15) is 11.8 Å². The van der Waals surface area contributed by atoms with Crippen LogP contribution in [0.2, 0.25) is 0 Å². The molecule has 2 rings (SSSR count). The Labute approximate surface area is 110 Å². The molecule has 0 saturated heterocycles. The van der Waals surface area contributed by atoms with Crippen LogP contribution in [-0.4, -0.2) is 28.9 Å². The van der Waals surface area contributed by atoms with Crippen molar-refractivity contribution in [2.24, 2.45) is 5.73 Å². The third-order valence-corrected chi connectivity index (χ3v) is 3.43. The van der Waals surface area contributed by atoms with E-state index in [0.29, 0.717) is 6.42 Å². The Kier molecular flexibility index (Phi) is 4.28. The highest BCUT2D eigenvalue weighted by Gasteiger charge is 2.13. The highest BCUT2D eigenvalue weighted by Crippen LogP contribution is 2.18. The van der Waals surface area contributed by atoms with Gasteiger partial charge in [-0.05, 0) is 42.7 Å². The quantitative estimate of drug-likeness (QED) is 0.774. The minimum Gasteiger partial charge on any atom is -0.361 e. The van der Waals surface area contributed by atoms with Crippen LogP contribution in [0.4, 0.5) is 5.69 Å². The molecule has 18 heavy (non-hydrogen) atoms. The molecular weight excluding hydrogens is 246 g/mol. The summed E-state index contributed by atoms with van der Waals surface area (Å²) in [5, 5.41) is 3.92. The number of H-pyrrole nitrogens is 1. The number of nitrogens with one attached hydrogen (secondary N) is 2. The molecule has 1 aromatic carbocycles. The molecule has 1 heterocycles. The van der Waals surface area contributed by atoms with Gasteiger partial charge in [-0.1, -0.05) is 0 Å². The van der Waals surface area contributed by atoms with Crippen molar-refractivity contribution in [1.82, 2.24) is 4.98 Å². The summed E-state index contributed by atoms with van der Waals surface area (Å²) in [4.78, 5) is 15.0. The lowest BCUT2D eigenvalue weighted by atomic mass is 10.2. The van der Waals surface area contributed by atoms with Crippen LogP contribution in [0.15, 0.2) is 30.5 Å². The first-order valence-electron chi connectivity index (χ1n) is 5.83. The topological polar surface area (TPSA) is 70.9 Å². The number of nitrogens with two attached hydrogens (primary N) is 1. The van der Waals surface area contributed by atoms with Crippen molar-refractivity contribution >= 4 is 34.3 Å². The second-order valence-corrected chi connectivity index (χ2v) is 5.14. The number of carbonyl (C=O) groups excluding carboxylic acids is 1. The zero-order chi connectivity index (χ0) is 13.0. The fraction of sp³-hybridized carbons (Fsp3) is 0.308. The molecular formula is C13H17N3OS. The van der Waals surface area contributed by atoms with Crippen molar-refractivity contribution in [3.63, 3.8) is 0 Å². The molecule has 5 heteroatoms. The van der Waals surface area contributed by atoms with Gasteiger partial charge in [0.15, 0.2) is 0 Å². The smallest absolute Gasteiger partial charge is 0.241 e. The van der Waals surface area contributed by atoms with Gasteiger partial charge in [0, 0.05) is 22.8 Å². The molecule has 1 atom stereocenters. The van der Waals surface area contributed by atoms with Crippen LogP contribution < -0.4 is 11.1 Å². The second-order valence-electron chi connectivity index (χ2n) is 4.16. The van der Waals surface area contributed by atoms with Crippen molar-refractivity contribution in [3.05, 3.63) is 30.5 Å². The molecule has 0 aliphatic carbocycles. The molecule has 1 amide bonds. The van der Waals surface area contributed by atoms with E-state index in [1.54, 1.807) is 11.8 Å². The largest absolute Gasteiger partial charge is 0.361 e. The van der Waals surface area contributed by atoms with Crippen molar-refractivity contribution in [2.45, 2.75) is 12.5 Å². The van der Waals surface area contributed by atoms with Crippen LogP contribution >= 0.6 is 11.8 Å². The van der Waals surface area contributed by atoms with E-state index in [2.05, 4.69) is 10.3 Å². The Balaban J connectivity index is 2.01. The van der Waals surface area contributed by atoms with Crippen LogP contribution in [0, 0.1) is 0 Å². The minimum absolute atomic E-state index is 0.126. The highest BCUT2D eigenvalue weighted by atomic mass is 32.2. The number of fused-ring (bicyclic) bond motifs is 1. The van der Waals surface area contributed by atoms with Crippen LogP contribution in [0.1, 0.15) is 6.42 Å². The molecule has 0 fully saturated rings. The Morgan fingerprint density at radius 2 is 2.33 bits per heavy atom. The maximum Gasteiger partial charge on any atom is 0.241 e. The predicted molar refractivity (Wildman–Crippen MR) is 77.9 cm³/mol. The van der Waals surface area contributed by atoms with Crippen LogP contribution in [-0.2, 0) is 4.79 Å². The lowest BCUT2D eigenvalue weighted by Gasteiger charge is -2.11. The monoisotopic (exact) mass is 263 g/mol. The number of aromatic nitrogens is 1. The Morgan fingerprint density at radius 3 is 3.11 bits per heavy atom. The fourth-order valence-electron chi connectivity index (χ4n) is 1.74. The van der Waals surface area contributed by atoms with Gasteiger partial charge in [-0.25, -0.2) is 0 Å². The zero-order valence-corrected chi connectivity index (χ0v) is 11.1. The van der Waals surface area contributed by atoms with Gasteiger partial charge in [0.25, 0.3) is 0 Å². The number of hydrogen-bond acceptors (Lipinski definition) is 3. The summed E-state index contributed by atoms with van der Waals surface area (Å²) in [6.07, 6.45) is 4.57. The average molecular weight is 263 g/mol. The minimum atomic E-state index is -0.445. The lowest BCUT2D eigenvalue weighted by molar-refractivity contribution is -0.117. The summed E-state index contributed by atoms with van der Waals surface area (Å²) in [6.45, 7) is 0. The number of anilines is 1. The Morgan fingerprint density at radius 1 is 1.50 bits per heavy atom. The average Bonchev–Trinajstić information content (AvgIpc) is 2.83. The van der Waals surface area contributed by atoms with E-state index < -0.39 is 6.04 Å². The molecule has 2 aromatic rings. The van der Waals surface area contributed by atoms with E-state index in [1.165, 1.54) is 0 Å². The lowest BCUT2D eigenvalue weighted by Crippen LogP contribution is -2.36. The third-order valence-electron chi connectivity index (χ3n) is 2.79. The van der Waals surface area contributed by atoms with Gasteiger partial charge >= 0.3 is 0 Å². The number of thioether (sulfide) groups is 1. The molecule has 0 radical (unpaired) electrons. The third kappa shape index (κ3) is 3.05. The summed E-state index contributed by atoms with van der Waals surface area (Å²) in [5.41, 5.74) is 7.65. The van der Waals surface area contributed by atoms with Crippen molar-refractivity contribution in [2.75, 3.05) is 17.3 Å². The number of rotatable bonds is 5. The van der Waals surface area contributed by atoms with Crippen molar-refractivity contribution < 1.29 is 4.79 Å². The summed E-state index contributed by atoms with van der Waals surface area (Å²) in [7, 11) is 0. The molecule has 96 valence electrons. The molecule has 4 N–H and O–H groups in total. The van der Waals surface area contributed by atoms with Gasteiger partial charge in [0.1, 0.15) is 0 Å². The molecule has 0 bridgehead atoms. The zero-order valence-electron chi connectivity index (χ0n) is 10.3. The summed E-state index contributed by atoms with van der Waals surface area (Å²) < 4.78 is 0. The van der Waals surface area contributed by atoms with Crippen molar-refractivity contribution in [1.29, 1.82) is 0 Å². The van der Waals surface area contributed by atoms with E-state index in [1.807, 2.05) is 36.7 Å². The first-order chi connectivity index (χ1) is 8.70. The molecule has 0 aliphatic rings. The van der Waals surface area contributed by atoms with E-state index in [4.69, 9.17) is 5.73 Å². The van der Waals surface area contributed by atoms with Gasteiger partial charge in [-0.15, -0.1) is 0 Å². The summed E-state index contributed by atoms with van der Waals surface area (Å²) >= 11 is 1.69. The van der Waals surface area contributed by atoms with Gasteiger partial charge in [-0.3, -0.25) is 4.79 Å². The van der Waals surface area contributed by atoms with Gasteiger partial charge in [0.05, 0.1) is 6.04 Å². The fourth-order valence-corrected chi connectivity index (χ4v) is 2.23. The highest BCUT2D eigenvalue weighted by molar-refractivity contribution is 7.98. The summed E-state index contributed by atoms with van der Waals surface area (Å²) in [5.74, 6) is 0.768. The van der Waals surface area contributed by atoms with Gasteiger partial charge < -0.3 is 16.0 Å². The second kappa shape index (κ2) is 5.93. The Hall–Kier alpha value is -1.46. The van der Waals surface area contributed by atoms with E-state index in [-0.39, 0.29) is 5.91 Å². The van der Waals surface area contributed by atoms with Crippen molar-refractivity contribution in [3.8, 4) is 0 Å². The molecule has 1 aromatic heterocycles. The summed E-state index contributed by atoms with van der Waals surface area (Å²) in [6, 6.07) is 7.28. The standard InChI is InChI=1S/C13H17N3OS/c1-18-7-5-11(14)13(17)16-10-2-3-12-9(8-10)4-6-15-12/h2-4,6,8,11,15H,5,7,14H2,1H3,(H,16,17)/t11-/m1/s1. The van der Waals surface area contributed by atoms with E-state index in [0.717, 1.165) is 22.3 Å². The number of carbonyl (C=O) groups is 1. The number of amides is 1. The molecule has 0 unspecified atom stereocenters. The van der Waals surface area contributed by atoms with E-state index in [9.17, 15) is 4.79 Å². The van der Waals surface area contributed by atoms with Crippen LogP contribution in [0.25, 0.3) is 10.9 Å². The van der Waals surface area contributed by atoms with Gasteiger partial charge in [0.2, 0.25) is 5.91 Å². The SMILES string of the molecule is CSCC[C@@H](N)C(=O)Nc1ccc2[nH]ccc2c1.